The third kappa shape index (κ3) is 16.8. The maximum Gasteiger partial charge on any atom is 0.326 e. The maximum absolute atomic E-state index is 14.2. The summed E-state index contributed by atoms with van der Waals surface area (Å²) in [5, 5.41) is 30.8. The summed E-state index contributed by atoms with van der Waals surface area (Å²) in [5.74, 6) is 1.19. The summed E-state index contributed by atoms with van der Waals surface area (Å²) in [6.07, 6.45) is 4.91. The number of carboxylic acids is 1. The number of likely N-dealkylation sites (tertiary alicyclic amines) is 2. The minimum atomic E-state index is -1.38. The van der Waals surface area contributed by atoms with Crippen LogP contribution in [0, 0.1) is 0 Å². The van der Waals surface area contributed by atoms with Gasteiger partial charge in [-0.15, -0.1) is 0 Å². The molecule has 2 aliphatic heterocycles. The van der Waals surface area contributed by atoms with Crippen LogP contribution >= 0.6 is 0 Å². The van der Waals surface area contributed by atoms with E-state index >= 15 is 0 Å². The molecule has 3 heterocycles. The van der Waals surface area contributed by atoms with Crippen molar-refractivity contribution in [1.29, 1.82) is 0 Å². The second-order valence-electron chi connectivity index (χ2n) is 15.0. The number of aromatic nitrogens is 1. The number of anilines is 1. The number of aliphatic imine (C=N–C) groups is 1. The average molecular weight is 945 g/mol. The van der Waals surface area contributed by atoms with Crippen molar-refractivity contribution in [1.82, 2.24) is 36.1 Å². The molecule has 0 aliphatic carbocycles. The molecule has 23 heteroatoms. The summed E-state index contributed by atoms with van der Waals surface area (Å²) in [7, 11) is 0. The maximum atomic E-state index is 14.2. The molecular weight excluding hydrogens is 881 g/mol. The molecule has 6 unspecified atom stereocenters. The van der Waals surface area contributed by atoms with Gasteiger partial charge in [0.2, 0.25) is 29.5 Å². The SMILES string of the molecule is CC(O)C(NC(=O)CCCCCNC(=O)c1ccc(NN)nc1)C(=O)NC(CCCCN)C(=O)N1CCCC1C(=O)N1CCCC1C(=O)NC(CCCN=C(N)N)C(=O)O.[99Tc]. The summed E-state index contributed by atoms with van der Waals surface area (Å²) in [4.78, 5) is 103. The number of unbranched alkanes of at least 4 members (excludes halogenated alkanes) is 3. The van der Waals surface area contributed by atoms with Gasteiger partial charge in [-0.1, -0.05) is 6.42 Å². The minimum Gasteiger partial charge on any atom is -0.480 e. The van der Waals surface area contributed by atoms with Crippen LogP contribution in [0.25, 0.3) is 0 Å². The summed E-state index contributed by atoms with van der Waals surface area (Å²) < 4.78 is 0. The van der Waals surface area contributed by atoms with Crippen LogP contribution in [-0.2, 0) is 48.9 Å². The average Bonchev–Trinajstić information content (AvgIpc) is 3.92. The number of carbonyl (C=O) groups is 7. The molecule has 1 aromatic heterocycles. The Morgan fingerprint density at radius 2 is 1.57 bits per heavy atom. The predicted molar refractivity (Wildman–Crippen MR) is 220 cm³/mol. The normalized spacial score (nSPS) is 17.8. The Balaban J connectivity index is 0.0000128. The molecule has 341 valence electrons. The first-order valence-corrected chi connectivity index (χ1v) is 20.6. The number of rotatable bonds is 25. The molecule has 1 aromatic rings. The number of guanidine groups is 1. The summed E-state index contributed by atoms with van der Waals surface area (Å²) in [6.45, 7) is 2.69. The quantitative estimate of drug-likeness (QED) is 0.0162. The third-order valence-corrected chi connectivity index (χ3v) is 10.4. The Hall–Kier alpha value is -4.96. The number of aliphatic carboxylic acids is 1. The Labute approximate surface area is 368 Å². The molecule has 6 atom stereocenters. The zero-order chi connectivity index (χ0) is 44.2. The van der Waals surface area contributed by atoms with Gasteiger partial charge in [0.1, 0.15) is 36.0 Å². The molecule has 0 bridgehead atoms. The Morgan fingerprint density at radius 1 is 0.885 bits per heavy atom. The first-order valence-electron chi connectivity index (χ1n) is 20.6. The van der Waals surface area contributed by atoms with Crippen molar-refractivity contribution >= 4 is 53.2 Å². The number of hydrazine groups is 1. The Kier molecular flexibility index (Phi) is 23.2. The molecule has 15 N–H and O–H groups in total. The van der Waals surface area contributed by atoms with Crippen molar-refractivity contribution in [3.63, 3.8) is 0 Å². The largest absolute Gasteiger partial charge is 0.480 e. The second kappa shape index (κ2) is 27.1. The number of amides is 6. The molecular formula is C38H63N13O9Tc. The van der Waals surface area contributed by atoms with Crippen molar-refractivity contribution in [3.8, 4) is 0 Å². The van der Waals surface area contributed by atoms with Gasteiger partial charge in [0, 0.05) is 58.9 Å². The summed E-state index contributed by atoms with van der Waals surface area (Å²) in [6, 6.07) is -2.42. The van der Waals surface area contributed by atoms with E-state index in [1.165, 1.54) is 22.9 Å². The predicted octanol–water partition coefficient (Wildman–Crippen LogP) is -2.26. The van der Waals surface area contributed by atoms with Crippen LogP contribution in [0.15, 0.2) is 23.3 Å². The number of nitrogens with two attached hydrogens (primary N) is 4. The van der Waals surface area contributed by atoms with E-state index < -0.39 is 71.8 Å². The summed E-state index contributed by atoms with van der Waals surface area (Å²) in [5.41, 5.74) is 19.1. The van der Waals surface area contributed by atoms with Crippen LogP contribution in [0.3, 0.4) is 0 Å². The molecule has 0 spiro atoms. The first kappa shape index (κ1) is 52.2. The topological polar surface area (TPSA) is 356 Å². The molecule has 1 radical (unpaired) electrons. The molecule has 2 aliphatic rings. The number of carboxylic acid groups (broad SMARTS) is 1. The van der Waals surface area contributed by atoms with E-state index in [0.717, 1.165) is 0 Å². The fourth-order valence-electron chi connectivity index (χ4n) is 7.18. The summed E-state index contributed by atoms with van der Waals surface area (Å²) >= 11 is 0. The third-order valence-electron chi connectivity index (χ3n) is 10.4. The van der Waals surface area contributed by atoms with Gasteiger partial charge < -0.3 is 63.9 Å². The zero-order valence-electron chi connectivity index (χ0n) is 34.7. The van der Waals surface area contributed by atoms with Crippen LogP contribution in [-0.4, -0.2) is 141 Å². The van der Waals surface area contributed by atoms with Crippen LogP contribution in [0.4, 0.5) is 5.82 Å². The van der Waals surface area contributed by atoms with Gasteiger partial charge in [0.05, 0.1) is 11.7 Å². The van der Waals surface area contributed by atoms with Gasteiger partial charge in [0.25, 0.3) is 5.91 Å². The van der Waals surface area contributed by atoms with Gasteiger partial charge in [-0.05, 0) is 96.2 Å². The number of nitrogens with one attached hydrogen (secondary N) is 5. The number of nitrogen functional groups attached to an aromatic ring is 1. The van der Waals surface area contributed by atoms with Gasteiger partial charge >= 0.3 is 5.97 Å². The number of carbonyl (C=O) groups excluding carboxylic acids is 6. The van der Waals surface area contributed by atoms with E-state index in [2.05, 4.69) is 36.7 Å². The van der Waals surface area contributed by atoms with Crippen molar-refractivity contribution in [3.05, 3.63) is 23.9 Å². The van der Waals surface area contributed by atoms with E-state index in [1.807, 2.05) is 0 Å². The van der Waals surface area contributed by atoms with E-state index in [1.54, 1.807) is 12.1 Å². The zero-order valence-corrected chi connectivity index (χ0v) is 36.5. The molecule has 22 nitrogen and oxygen atoms in total. The Bertz CT molecular complexity index is 1650. The molecule has 3 rings (SSSR count). The van der Waals surface area contributed by atoms with E-state index in [-0.39, 0.29) is 70.9 Å². The van der Waals surface area contributed by atoms with Gasteiger partial charge in [-0.3, -0.25) is 33.8 Å². The Morgan fingerprint density at radius 3 is 2.20 bits per heavy atom. The molecule has 2 saturated heterocycles. The van der Waals surface area contributed by atoms with Crippen molar-refractivity contribution in [2.24, 2.45) is 28.0 Å². The number of aliphatic hydroxyl groups excluding tert-OH is 1. The standard InChI is InChI=1S/C38H63N13O9.Tc/c1-23(52)31(48-30(53)14-3-2-6-18-43-32(54)24-15-16-29(49-42)45-22-24)34(56)46-25(10-4-5-17-39)35(57)51-21-9-13-28(51)36(58)50-20-8-12-27(50)33(55)47-26(37(59)60)11-7-19-44-38(40)41;/h15-16,22-23,25-28,31,52H,2-14,17-21,39,42H2,1H3,(H,43,54)(H,45,49)(H,46,56)(H,47,55)(H,48,53)(H,59,60)(H4,40,41,44);/i;1+1. The van der Waals surface area contributed by atoms with Crippen LogP contribution in [0.2, 0.25) is 0 Å². The molecule has 61 heavy (non-hydrogen) atoms. The number of pyridine rings is 1. The molecule has 2 fully saturated rings. The van der Waals surface area contributed by atoms with Crippen molar-refractivity contribution < 1.29 is 63.9 Å². The van der Waals surface area contributed by atoms with E-state index in [9.17, 15) is 43.8 Å². The minimum absolute atomic E-state index is 0. The van der Waals surface area contributed by atoms with Crippen molar-refractivity contribution in [2.75, 3.05) is 38.1 Å². The van der Waals surface area contributed by atoms with Gasteiger partial charge in [0.15, 0.2) is 5.96 Å². The van der Waals surface area contributed by atoms with Crippen LogP contribution in [0.5, 0.6) is 0 Å². The number of hydrogen-bond acceptors (Lipinski definition) is 13. The number of aliphatic hydroxyl groups is 1. The van der Waals surface area contributed by atoms with Crippen LogP contribution in [0.1, 0.15) is 101 Å². The van der Waals surface area contributed by atoms with Crippen molar-refractivity contribution in [2.45, 2.75) is 127 Å². The fourth-order valence-corrected chi connectivity index (χ4v) is 7.18. The van der Waals surface area contributed by atoms with Gasteiger partial charge in [-0.25, -0.2) is 15.6 Å². The van der Waals surface area contributed by atoms with Crippen LogP contribution < -0.4 is 49.7 Å². The number of hydrogen-bond donors (Lipinski definition) is 11. The fraction of sp³-hybridized carbons (Fsp3) is 0.658. The molecule has 0 saturated carbocycles. The van der Waals surface area contributed by atoms with E-state index in [4.69, 9.17) is 23.0 Å². The molecule has 6 amide bonds. The smallest absolute Gasteiger partial charge is 0.326 e. The monoisotopic (exact) mass is 944 g/mol. The molecule has 0 aromatic carbocycles. The van der Waals surface area contributed by atoms with Gasteiger partial charge in [-0.2, -0.15) is 0 Å². The van der Waals surface area contributed by atoms with E-state index in [0.29, 0.717) is 88.7 Å². The number of nitrogens with zero attached hydrogens (tertiary/aromatic N) is 4. The second-order valence-corrected chi connectivity index (χ2v) is 15.0. The first-order chi connectivity index (χ1) is 28.7.